The SMILES string of the molecule is OCc1cn2nc(C3CC3)ccc2n1. The van der Waals surface area contributed by atoms with Gasteiger partial charge >= 0.3 is 0 Å². The Morgan fingerprint density at radius 3 is 3.00 bits per heavy atom. The summed E-state index contributed by atoms with van der Waals surface area (Å²) in [5, 5.41) is 13.4. The molecular weight excluding hydrogens is 178 g/mol. The summed E-state index contributed by atoms with van der Waals surface area (Å²) in [6, 6.07) is 3.99. The standard InChI is InChI=1S/C10H11N3O/c14-6-8-5-13-10(11-8)4-3-9(12-13)7-1-2-7/h3-5,7,14H,1-2,6H2. The van der Waals surface area contributed by atoms with Crippen molar-refractivity contribution in [1.29, 1.82) is 0 Å². The second kappa shape index (κ2) is 2.78. The van der Waals surface area contributed by atoms with Gasteiger partial charge in [-0.05, 0) is 25.0 Å². The molecule has 0 bridgehead atoms. The number of fused-ring (bicyclic) bond motifs is 1. The number of rotatable bonds is 2. The molecule has 0 aliphatic heterocycles. The zero-order valence-corrected chi connectivity index (χ0v) is 7.72. The highest BCUT2D eigenvalue weighted by molar-refractivity contribution is 5.39. The molecular formula is C10H11N3O. The van der Waals surface area contributed by atoms with Crippen LogP contribution >= 0.6 is 0 Å². The Morgan fingerprint density at radius 1 is 1.43 bits per heavy atom. The molecule has 1 fully saturated rings. The predicted molar refractivity (Wildman–Crippen MR) is 50.9 cm³/mol. The van der Waals surface area contributed by atoms with E-state index in [0.717, 1.165) is 11.3 Å². The van der Waals surface area contributed by atoms with Crippen LogP contribution in [0, 0.1) is 0 Å². The van der Waals surface area contributed by atoms with E-state index < -0.39 is 0 Å². The highest BCUT2D eigenvalue weighted by Crippen LogP contribution is 2.38. The van der Waals surface area contributed by atoms with E-state index in [1.54, 1.807) is 10.7 Å². The fourth-order valence-corrected chi connectivity index (χ4v) is 1.62. The van der Waals surface area contributed by atoms with Crippen LogP contribution < -0.4 is 0 Å². The van der Waals surface area contributed by atoms with Crippen LogP contribution in [0.5, 0.6) is 0 Å². The number of hydrogen-bond acceptors (Lipinski definition) is 3. The number of hydrogen-bond donors (Lipinski definition) is 1. The molecule has 0 aromatic carbocycles. The highest BCUT2D eigenvalue weighted by atomic mass is 16.3. The lowest BCUT2D eigenvalue weighted by Crippen LogP contribution is -1.94. The zero-order chi connectivity index (χ0) is 9.54. The molecule has 0 spiro atoms. The summed E-state index contributed by atoms with van der Waals surface area (Å²) < 4.78 is 1.75. The van der Waals surface area contributed by atoms with E-state index in [-0.39, 0.29) is 6.61 Å². The van der Waals surface area contributed by atoms with Crippen LogP contribution in [0.25, 0.3) is 5.65 Å². The van der Waals surface area contributed by atoms with E-state index in [1.165, 1.54) is 12.8 Å². The van der Waals surface area contributed by atoms with Crippen LogP contribution in [0.2, 0.25) is 0 Å². The van der Waals surface area contributed by atoms with Gasteiger partial charge in [0.1, 0.15) is 0 Å². The van der Waals surface area contributed by atoms with Gasteiger partial charge in [-0.1, -0.05) is 0 Å². The van der Waals surface area contributed by atoms with Gasteiger partial charge in [0, 0.05) is 5.92 Å². The molecule has 1 saturated carbocycles. The van der Waals surface area contributed by atoms with Gasteiger partial charge in [-0.2, -0.15) is 5.10 Å². The van der Waals surface area contributed by atoms with Gasteiger partial charge in [0.15, 0.2) is 5.65 Å². The molecule has 4 nitrogen and oxygen atoms in total. The summed E-state index contributed by atoms with van der Waals surface area (Å²) in [4.78, 5) is 4.20. The Morgan fingerprint density at radius 2 is 2.29 bits per heavy atom. The second-order valence-corrected chi connectivity index (χ2v) is 3.73. The third kappa shape index (κ3) is 1.19. The highest BCUT2D eigenvalue weighted by Gasteiger charge is 2.25. The molecule has 2 aromatic heterocycles. The Hall–Kier alpha value is -1.42. The van der Waals surface area contributed by atoms with Gasteiger partial charge < -0.3 is 5.11 Å². The lowest BCUT2D eigenvalue weighted by atomic mass is 10.3. The average molecular weight is 189 g/mol. The summed E-state index contributed by atoms with van der Waals surface area (Å²) in [7, 11) is 0. The normalized spacial score (nSPS) is 16.4. The smallest absolute Gasteiger partial charge is 0.153 e. The number of nitrogens with zero attached hydrogens (tertiary/aromatic N) is 3. The number of aliphatic hydroxyl groups excluding tert-OH is 1. The van der Waals surface area contributed by atoms with E-state index in [4.69, 9.17) is 5.11 Å². The Bertz CT molecular complexity index is 473. The lowest BCUT2D eigenvalue weighted by molar-refractivity contribution is 0.277. The molecule has 0 unspecified atom stereocenters. The molecule has 0 saturated heterocycles. The minimum Gasteiger partial charge on any atom is -0.390 e. The fourth-order valence-electron chi connectivity index (χ4n) is 1.62. The molecule has 1 aliphatic rings. The van der Waals surface area contributed by atoms with Crippen molar-refractivity contribution in [2.24, 2.45) is 0 Å². The van der Waals surface area contributed by atoms with Gasteiger partial charge in [-0.15, -0.1) is 0 Å². The molecule has 72 valence electrons. The van der Waals surface area contributed by atoms with Crippen molar-refractivity contribution >= 4 is 5.65 Å². The van der Waals surface area contributed by atoms with Crippen molar-refractivity contribution in [2.45, 2.75) is 25.4 Å². The van der Waals surface area contributed by atoms with Crippen molar-refractivity contribution in [1.82, 2.24) is 14.6 Å². The number of imidazole rings is 1. The second-order valence-electron chi connectivity index (χ2n) is 3.73. The van der Waals surface area contributed by atoms with Gasteiger partial charge in [0.05, 0.1) is 24.2 Å². The number of aromatic nitrogens is 3. The molecule has 0 atom stereocenters. The first kappa shape index (κ1) is 7.94. The fraction of sp³-hybridized carbons (Fsp3) is 0.400. The quantitative estimate of drug-likeness (QED) is 0.769. The van der Waals surface area contributed by atoms with Gasteiger partial charge in [0.2, 0.25) is 0 Å². The maximum Gasteiger partial charge on any atom is 0.153 e. The minimum absolute atomic E-state index is 0.0257. The van der Waals surface area contributed by atoms with Crippen molar-refractivity contribution in [2.75, 3.05) is 0 Å². The predicted octanol–water partition coefficient (Wildman–Crippen LogP) is 1.10. The van der Waals surface area contributed by atoms with Gasteiger partial charge in [-0.25, -0.2) is 9.50 Å². The lowest BCUT2D eigenvalue weighted by Gasteiger charge is -1.96. The van der Waals surface area contributed by atoms with E-state index in [1.807, 2.05) is 12.1 Å². The maximum absolute atomic E-state index is 8.93. The van der Waals surface area contributed by atoms with Crippen molar-refractivity contribution in [3.8, 4) is 0 Å². The van der Waals surface area contributed by atoms with E-state index in [9.17, 15) is 0 Å². The van der Waals surface area contributed by atoms with Crippen LogP contribution in [0.3, 0.4) is 0 Å². The molecule has 3 rings (SSSR count). The van der Waals surface area contributed by atoms with Gasteiger partial charge in [0.25, 0.3) is 0 Å². The number of aliphatic hydroxyl groups is 1. The van der Waals surface area contributed by atoms with E-state index in [2.05, 4.69) is 10.1 Å². The summed E-state index contributed by atoms with van der Waals surface area (Å²) in [6.45, 7) is -0.0257. The largest absolute Gasteiger partial charge is 0.390 e. The van der Waals surface area contributed by atoms with Crippen LogP contribution in [-0.4, -0.2) is 19.7 Å². The van der Waals surface area contributed by atoms with Crippen LogP contribution in [0.4, 0.5) is 0 Å². The molecule has 4 heteroatoms. The Kier molecular flexibility index (Phi) is 1.58. The summed E-state index contributed by atoms with van der Waals surface area (Å²) in [5.74, 6) is 0.652. The summed E-state index contributed by atoms with van der Waals surface area (Å²) >= 11 is 0. The third-order valence-electron chi connectivity index (χ3n) is 2.55. The minimum atomic E-state index is -0.0257. The molecule has 1 N–H and O–H groups in total. The first-order valence-electron chi connectivity index (χ1n) is 4.83. The molecule has 2 heterocycles. The maximum atomic E-state index is 8.93. The van der Waals surface area contributed by atoms with Crippen LogP contribution in [-0.2, 0) is 6.61 Å². The van der Waals surface area contributed by atoms with Crippen LogP contribution in [0.15, 0.2) is 18.3 Å². The van der Waals surface area contributed by atoms with E-state index >= 15 is 0 Å². The topological polar surface area (TPSA) is 50.4 Å². The van der Waals surface area contributed by atoms with Crippen molar-refractivity contribution in [3.63, 3.8) is 0 Å². The van der Waals surface area contributed by atoms with Crippen molar-refractivity contribution < 1.29 is 5.11 Å². The van der Waals surface area contributed by atoms with Gasteiger partial charge in [-0.3, -0.25) is 0 Å². The molecule has 14 heavy (non-hydrogen) atoms. The summed E-state index contributed by atoms with van der Waals surface area (Å²) in [5.41, 5.74) is 2.61. The first-order valence-corrected chi connectivity index (χ1v) is 4.83. The molecule has 0 amide bonds. The van der Waals surface area contributed by atoms with Crippen LogP contribution in [0.1, 0.15) is 30.1 Å². The average Bonchev–Trinajstić information content (AvgIpc) is 2.97. The molecule has 1 aliphatic carbocycles. The molecule has 2 aromatic rings. The monoisotopic (exact) mass is 189 g/mol. The Balaban J connectivity index is 2.12. The Labute approximate surface area is 81.2 Å². The van der Waals surface area contributed by atoms with E-state index in [0.29, 0.717) is 11.6 Å². The third-order valence-corrected chi connectivity index (χ3v) is 2.55. The molecule has 0 radical (unpaired) electrons. The summed E-state index contributed by atoms with van der Waals surface area (Å²) in [6.07, 6.45) is 4.28. The van der Waals surface area contributed by atoms with Crippen molar-refractivity contribution in [3.05, 3.63) is 29.7 Å². The first-order chi connectivity index (χ1) is 6.86. The zero-order valence-electron chi connectivity index (χ0n) is 7.72.